The van der Waals surface area contributed by atoms with Crippen LogP contribution in [0.5, 0.6) is 0 Å². The minimum atomic E-state index is -5.88. The smallest absolute Gasteiger partial charge is 0.373 e. The Balaban J connectivity index is 1.62. The lowest BCUT2D eigenvalue weighted by molar-refractivity contribution is -0.270. The van der Waals surface area contributed by atoms with Gasteiger partial charge in [-0.1, -0.05) is 25.7 Å². The van der Waals surface area contributed by atoms with Crippen LogP contribution in [-0.4, -0.2) is 37.8 Å². The van der Waals surface area contributed by atoms with Crippen LogP contribution < -0.4 is 0 Å². The maximum Gasteiger partial charge on any atom is 0.461 e. The van der Waals surface area contributed by atoms with Gasteiger partial charge in [0.1, 0.15) is 6.61 Å². The Morgan fingerprint density at radius 2 is 1.31 bits per heavy atom. The standard InChI is InChI=1S/C21H32F6O2/c22-12-2-1-3-15-4-8-17(9-5-15)18-10-6-16(7-11-18)13-29-14-19(28)20(23,24)21(25,26)27/h15-18H,1-14H2. The molecule has 0 heterocycles. The van der Waals surface area contributed by atoms with Crippen molar-refractivity contribution in [2.75, 3.05) is 19.9 Å². The fourth-order valence-electron chi connectivity index (χ4n) is 4.87. The number of alkyl halides is 6. The molecule has 0 aliphatic heterocycles. The largest absolute Gasteiger partial charge is 0.461 e. The third-order valence-electron chi connectivity index (χ3n) is 6.74. The molecule has 2 aliphatic carbocycles. The summed E-state index contributed by atoms with van der Waals surface area (Å²) >= 11 is 0. The Morgan fingerprint density at radius 1 is 0.793 bits per heavy atom. The number of carbonyl (C=O) groups is 1. The highest BCUT2D eigenvalue weighted by Gasteiger charge is 2.62. The summed E-state index contributed by atoms with van der Waals surface area (Å²) in [7, 11) is 0. The molecule has 0 aromatic carbocycles. The number of hydrogen-bond acceptors (Lipinski definition) is 2. The summed E-state index contributed by atoms with van der Waals surface area (Å²) in [5.74, 6) is -5.43. The topological polar surface area (TPSA) is 26.3 Å². The lowest BCUT2D eigenvalue weighted by Gasteiger charge is -2.38. The molecule has 2 aliphatic rings. The molecule has 2 saturated carbocycles. The predicted octanol–water partition coefficient (Wildman–Crippen LogP) is 6.52. The van der Waals surface area contributed by atoms with Crippen molar-refractivity contribution in [2.24, 2.45) is 23.7 Å². The van der Waals surface area contributed by atoms with Crippen molar-refractivity contribution in [1.82, 2.24) is 0 Å². The number of ether oxygens (including phenoxy) is 1. The zero-order valence-corrected chi connectivity index (χ0v) is 16.8. The van der Waals surface area contributed by atoms with Crippen LogP contribution in [0.2, 0.25) is 0 Å². The highest BCUT2D eigenvalue weighted by Crippen LogP contribution is 2.42. The van der Waals surface area contributed by atoms with Crippen LogP contribution in [0.1, 0.15) is 70.6 Å². The number of ketones is 1. The molecule has 2 fully saturated rings. The first-order valence-electron chi connectivity index (χ1n) is 10.8. The summed E-state index contributed by atoms with van der Waals surface area (Å²) in [6.45, 7) is -1.40. The van der Waals surface area contributed by atoms with E-state index in [-0.39, 0.29) is 19.2 Å². The van der Waals surface area contributed by atoms with Gasteiger partial charge in [0.05, 0.1) is 6.67 Å². The fourth-order valence-corrected chi connectivity index (χ4v) is 4.87. The van der Waals surface area contributed by atoms with Gasteiger partial charge in [-0.05, 0) is 68.6 Å². The van der Waals surface area contributed by atoms with Crippen LogP contribution in [0.3, 0.4) is 0 Å². The zero-order chi connectivity index (χ0) is 21.5. The molecule has 8 heteroatoms. The van der Waals surface area contributed by atoms with Crippen molar-refractivity contribution >= 4 is 5.78 Å². The van der Waals surface area contributed by atoms with Gasteiger partial charge in [0.25, 0.3) is 0 Å². The van der Waals surface area contributed by atoms with Gasteiger partial charge in [-0.3, -0.25) is 9.18 Å². The first-order valence-corrected chi connectivity index (χ1v) is 10.8. The average molecular weight is 430 g/mol. The lowest BCUT2D eigenvalue weighted by atomic mass is 9.69. The molecule has 0 aromatic rings. The van der Waals surface area contributed by atoms with Gasteiger partial charge in [-0.2, -0.15) is 22.0 Å². The second-order valence-corrected chi connectivity index (χ2v) is 8.76. The first-order chi connectivity index (χ1) is 13.6. The molecule has 0 N–H and O–H groups in total. The minimum Gasteiger partial charge on any atom is -0.373 e. The third-order valence-corrected chi connectivity index (χ3v) is 6.74. The van der Waals surface area contributed by atoms with E-state index in [4.69, 9.17) is 4.74 Å². The molecule has 0 unspecified atom stereocenters. The Labute approximate surface area is 168 Å². The monoisotopic (exact) mass is 430 g/mol. The summed E-state index contributed by atoms with van der Waals surface area (Å²) in [5, 5.41) is 0. The van der Waals surface area contributed by atoms with Crippen LogP contribution in [0.4, 0.5) is 26.3 Å². The number of unbranched alkanes of at least 4 members (excludes halogenated alkanes) is 1. The van der Waals surface area contributed by atoms with Gasteiger partial charge < -0.3 is 4.74 Å². The van der Waals surface area contributed by atoms with Gasteiger partial charge in [0.2, 0.25) is 5.78 Å². The summed E-state index contributed by atoms with van der Waals surface area (Å²) in [6, 6.07) is 0. The molecule has 0 saturated heterocycles. The van der Waals surface area contributed by atoms with Crippen LogP contribution in [0, 0.1) is 23.7 Å². The van der Waals surface area contributed by atoms with Gasteiger partial charge >= 0.3 is 12.1 Å². The number of Topliss-reactive ketones (excluding diaryl/α,β-unsaturated/α-hetero) is 1. The molecular weight excluding hydrogens is 398 g/mol. The molecule has 0 radical (unpaired) electrons. The van der Waals surface area contributed by atoms with Gasteiger partial charge in [0.15, 0.2) is 0 Å². The Morgan fingerprint density at radius 3 is 1.79 bits per heavy atom. The van der Waals surface area contributed by atoms with Crippen LogP contribution in [0.25, 0.3) is 0 Å². The quantitative estimate of drug-likeness (QED) is 0.291. The van der Waals surface area contributed by atoms with Crippen molar-refractivity contribution in [3.63, 3.8) is 0 Å². The Bertz CT molecular complexity index is 492. The van der Waals surface area contributed by atoms with E-state index in [0.717, 1.165) is 44.4 Å². The third kappa shape index (κ3) is 7.14. The van der Waals surface area contributed by atoms with Gasteiger partial charge in [0, 0.05) is 6.61 Å². The lowest BCUT2D eigenvalue weighted by Crippen LogP contribution is -2.46. The van der Waals surface area contributed by atoms with E-state index < -0.39 is 24.5 Å². The van der Waals surface area contributed by atoms with Crippen LogP contribution >= 0.6 is 0 Å². The molecule has 2 rings (SSSR count). The summed E-state index contributed by atoms with van der Waals surface area (Å²) in [6.07, 6.45) is 5.40. The molecule has 0 spiro atoms. The van der Waals surface area contributed by atoms with Crippen molar-refractivity contribution in [3.8, 4) is 0 Å². The molecular formula is C21H32F6O2. The van der Waals surface area contributed by atoms with E-state index in [1.165, 1.54) is 25.7 Å². The molecule has 0 amide bonds. The Hall–Kier alpha value is -0.790. The highest BCUT2D eigenvalue weighted by atomic mass is 19.4. The van der Waals surface area contributed by atoms with Gasteiger partial charge in [-0.15, -0.1) is 0 Å². The second-order valence-electron chi connectivity index (χ2n) is 8.76. The maximum absolute atomic E-state index is 12.9. The van der Waals surface area contributed by atoms with E-state index in [2.05, 4.69) is 0 Å². The van der Waals surface area contributed by atoms with Gasteiger partial charge in [-0.25, -0.2) is 0 Å². The first kappa shape index (κ1) is 24.5. The van der Waals surface area contributed by atoms with E-state index in [1.807, 2.05) is 0 Å². The molecule has 29 heavy (non-hydrogen) atoms. The molecule has 0 atom stereocenters. The normalized spacial score (nSPS) is 29.0. The molecule has 170 valence electrons. The number of rotatable bonds is 10. The van der Waals surface area contributed by atoms with Crippen molar-refractivity contribution in [3.05, 3.63) is 0 Å². The van der Waals surface area contributed by atoms with E-state index in [1.54, 1.807) is 0 Å². The molecule has 0 aromatic heterocycles. The number of halogens is 6. The van der Waals surface area contributed by atoms with Crippen molar-refractivity contribution < 1.29 is 35.9 Å². The van der Waals surface area contributed by atoms with E-state index in [0.29, 0.717) is 18.3 Å². The minimum absolute atomic E-state index is 0.0493. The number of carbonyl (C=O) groups excluding carboxylic acids is 1. The van der Waals surface area contributed by atoms with E-state index in [9.17, 15) is 31.1 Å². The van der Waals surface area contributed by atoms with Crippen LogP contribution in [0.15, 0.2) is 0 Å². The maximum atomic E-state index is 12.9. The summed E-state index contributed by atoms with van der Waals surface area (Å²) in [5.41, 5.74) is 0. The molecule has 0 bridgehead atoms. The average Bonchev–Trinajstić information content (AvgIpc) is 2.68. The predicted molar refractivity (Wildman–Crippen MR) is 97.6 cm³/mol. The van der Waals surface area contributed by atoms with Crippen molar-refractivity contribution in [2.45, 2.75) is 82.7 Å². The summed E-state index contributed by atoms with van der Waals surface area (Å²) < 4.78 is 79.3. The highest BCUT2D eigenvalue weighted by molar-refractivity contribution is 5.87. The molecule has 2 nitrogen and oxygen atoms in total. The van der Waals surface area contributed by atoms with E-state index >= 15 is 0 Å². The Kier molecular flexibility index (Phi) is 9.29. The van der Waals surface area contributed by atoms with Crippen LogP contribution in [-0.2, 0) is 9.53 Å². The van der Waals surface area contributed by atoms with Crippen molar-refractivity contribution in [1.29, 1.82) is 0 Å². The SMILES string of the molecule is O=C(COCC1CCC(C2CCC(CCCCF)CC2)CC1)C(F)(F)C(F)(F)F. The second kappa shape index (κ2) is 11.0. The zero-order valence-electron chi connectivity index (χ0n) is 16.8. The number of hydrogen-bond donors (Lipinski definition) is 0. The summed E-state index contributed by atoms with van der Waals surface area (Å²) in [4.78, 5) is 11.1. The fraction of sp³-hybridized carbons (Fsp3) is 0.952.